The van der Waals surface area contributed by atoms with Crippen molar-refractivity contribution >= 4 is 60.4 Å². The molecule has 0 bridgehead atoms. The van der Waals surface area contributed by atoms with Crippen LogP contribution in [-0.4, -0.2) is 4.57 Å². The topological polar surface area (TPSA) is 8.17 Å². The van der Waals surface area contributed by atoms with E-state index in [4.69, 9.17) is 0 Å². The minimum absolute atomic E-state index is 0.0901. The van der Waals surface area contributed by atoms with Gasteiger partial charge in [0.1, 0.15) is 0 Å². The average molecular weight is 627 g/mol. The van der Waals surface area contributed by atoms with Gasteiger partial charge < -0.3 is 9.47 Å². The lowest BCUT2D eigenvalue weighted by molar-refractivity contribution is 0.630. The van der Waals surface area contributed by atoms with Crippen molar-refractivity contribution in [2.45, 2.75) is 19.3 Å². The molecule has 0 spiro atoms. The van der Waals surface area contributed by atoms with Gasteiger partial charge in [0.15, 0.2) is 0 Å². The maximum Gasteiger partial charge on any atom is 0.0582 e. The zero-order valence-corrected chi connectivity index (χ0v) is 27.6. The molecule has 0 atom stereocenters. The van der Waals surface area contributed by atoms with Crippen molar-refractivity contribution < 1.29 is 0 Å². The van der Waals surface area contributed by atoms with Crippen LogP contribution in [0.2, 0.25) is 0 Å². The van der Waals surface area contributed by atoms with Crippen molar-refractivity contribution in [1.29, 1.82) is 0 Å². The summed E-state index contributed by atoms with van der Waals surface area (Å²) in [5.74, 6) is 0. The molecule has 8 aromatic carbocycles. The second-order valence-corrected chi connectivity index (χ2v) is 13.9. The van der Waals surface area contributed by atoms with Gasteiger partial charge >= 0.3 is 0 Å². The fourth-order valence-corrected chi connectivity index (χ4v) is 8.23. The van der Waals surface area contributed by atoms with Crippen LogP contribution < -0.4 is 4.90 Å². The maximum absolute atomic E-state index is 2.49. The smallest absolute Gasteiger partial charge is 0.0582 e. The van der Waals surface area contributed by atoms with Crippen LogP contribution in [0.1, 0.15) is 25.0 Å². The zero-order chi connectivity index (χ0) is 32.7. The van der Waals surface area contributed by atoms with E-state index >= 15 is 0 Å². The molecule has 232 valence electrons. The van der Waals surface area contributed by atoms with Gasteiger partial charge in [-0.05, 0) is 98.4 Å². The summed E-state index contributed by atoms with van der Waals surface area (Å²) in [6, 6.07) is 62.5. The summed E-state index contributed by atoms with van der Waals surface area (Å²) in [4.78, 5) is 2.40. The Kier molecular flexibility index (Phi) is 5.95. The van der Waals surface area contributed by atoms with Gasteiger partial charge in [0.05, 0.1) is 16.7 Å². The largest absolute Gasteiger partial charge is 0.310 e. The van der Waals surface area contributed by atoms with Crippen molar-refractivity contribution in [3.63, 3.8) is 0 Å². The van der Waals surface area contributed by atoms with E-state index in [9.17, 15) is 0 Å². The fourth-order valence-electron chi connectivity index (χ4n) is 8.23. The molecule has 0 amide bonds. The molecule has 49 heavy (non-hydrogen) atoms. The molecule has 9 aromatic rings. The van der Waals surface area contributed by atoms with Crippen LogP contribution in [0.5, 0.6) is 0 Å². The van der Waals surface area contributed by atoms with Gasteiger partial charge in [-0.1, -0.05) is 129 Å². The SMILES string of the molecule is CC1(C)c2ccccc2-n2c3ccc(N(c4ccc(-c5ccc6ccccc6c5)cc4)c4ccc5ccccc5c4)cc3c3cccc1c32. The number of rotatable bonds is 4. The van der Waals surface area contributed by atoms with Crippen molar-refractivity contribution in [2.24, 2.45) is 0 Å². The number of anilines is 3. The Morgan fingerprint density at radius 1 is 0.429 bits per heavy atom. The number of hydrogen-bond acceptors (Lipinski definition) is 1. The lowest BCUT2D eigenvalue weighted by Gasteiger charge is -2.34. The van der Waals surface area contributed by atoms with E-state index in [2.05, 4.69) is 193 Å². The minimum Gasteiger partial charge on any atom is -0.310 e. The molecule has 0 saturated heterocycles. The predicted octanol–water partition coefficient (Wildman–Crippen LogP) is 12.9. The standard InChI is InChI=1S/C47H34N2/c1-47(2)42-15-7-8-17-45(42)49-44-27-26-39(30-41(44)40-14-9-16-43(47)46(40)49)48(38-25-22-32-11-4-6-13-35(32)29-38)37-23-20-33(21-24-37)36-19-18-31-10-3-5-12-34(31)28-36/h3-30H,1-2H3. The van der Waals surface area contributed by atoms with E-state index in [0.29, 0.717) is 0 Å². The fraction of sp³-hybridized carbons (Fsp3) is 0.0638. The summed E-state index contributed by atoms with van der Waals surface area (Å²) < 4.78 is 2.49. The molecular formula is C47H34N2. The van der Waals surface area contributed by atoms with E-state index in [-0.39, 0.29) is 5.41 Å². The van der Waals surface area contributed by atoms with Crippen molar-refractivity contribution in [1.82, 2.24) is 4.57 Å². The van der Waals surface area contributed by atoms with Gasteiger partial charge in [-0.25, -0.2) is 0 Å². The number of hydrogen-bond donors (Lipinski definition) is 0. The van der Waals surface area contributed by atoms with Crippen LogP contribution in [0.15, 0.2) is 170 Å². The van der Waals surface area contributed by atoms with Crippen LogP contribution in [-0.2, 0) is 5.41 Å². The summed E-state index contributed by atoms with van der Waals surface area (Å²) in [6.45, 7) is 4.71. The van der Waals surface area contributed by atoms with E-state index in [1.165, 1.54) is 71.3 Å². The second-order valence-electron chi connectivity index (χ2n) is 13.9. The number of aromatic nitrogens is 1. The Bertz CT molecular complexity index is 2750. The Morgan fingerprint density at radius 3 is 1.82 bits per heavy atom. The molecule has 0 radical (unpaired) electrons. The third-order valence-corrected chi connectivity index (χ3v) is 10.7. The summed E-state index contributed by atoms with van der Waals surface area (Å²) in [7, 11) is 0. The van der Waals surface area contributed by atoms with Crippen LogP contribution in [0.25, 0.3) is 60.2 Å². The highest BCUT2D eigenvalue weighted by Gasteiger charge is 2.34. The summed E-state index contributed by atoms with van der Waals surface area (Å²) in [6.07, 6.45) is 0. The highest BCUT2D eigenvalue weighted by molar-refractivity contribution is 6.13. The molecule has 2 heterocycles. The molecule has 0 aliphatic carbocycles. The van der Waals surface area contributed by atoms with Gasteiger partial charge in [-0.3, -0.25) is 0 Å². The van der Waals surface area contributed by atoms with Crippen LogP contribution in [0, 0.1) is 0 Å². The third-order valence-electron chi connectivity index (χ3n) is 10.7. The molecule has 1 aromatic heterocycles. The lowest BCUT2D eigenvalue weighted by atomic mass is 9.75. The first-order valence-electron chi connectivity index (χ1n) is 17.1. The molecule has 0 N–H and O–H groups in total. The number of fused-ring (bicyclic) bond motifs is 7. The molecule has 0 unspecified atom stereocenters. The molecule has 0 saturated carbocycles. The molecule has 1 aliphatic rings. The van der Waals surface area contributed by atoms with Crippen LogP contribution in [0.4, 0.5) is 17.1 Å². The first-order valence-corrected chi connectivity index (χ1v) is 17.1. The summed E-state index contributed by atoms with van der Waals surface area (Å²) in [5, 5.41) is 7.54. The van der Waals surface area contributed by atoms with Crippen molar-refractivity contribution in [3.05, 3.63) is 181 Å². The minimum atomic E-state index is -0.0901. The zero-order valence-electron chi connectivity index (χ0n) is 27.6. The highest BCUT2D eigenvalue weighted by atomic mass is 15.1. The third kappa shape index (κ3) is 4.20. The van der Waals surface area contributed by atoms with E-state index < -0.39 is 0 Å². The van der Waals surface area contributed by atoms with Crippen molar-refractivity contribution in [3.8, 4) is 16.8 Å². The summed E-state index contributed by atoms with van der Waals surface area (Å²) in [5.41, 5.74) is 12.3. The van der Waals surface area contributed by atoms with Gasteiger partial charge in [0.2, 0.25) is 0 Å². The molecule has 0 fully saturated rings. The van der Waals surface area contributed by atoms with E-state index in [1.807, 2.05) is 0 Å². The predicted molar refractivity (Wildman–Crippen MR) is 208 cm³/mol. The van der Waals surface area contributed by atoms with E-state index in [1.54, 1.807) is 0 Å². The normalized spacial score (nSPS) is 13.3. The number of benzene rings is 8. The summed E-state index contributed by atoms with van der Waals surface area (Å²) >= 11 is 0. The Labute approximate surface area is 286 Å². The Balaban J connectivity index is 1.17. The molecule has 2 nitrogen and oxygen atoms in total. The Hall–Kier alpha value is -6.12. The quantitative estimate of drug-likeness (QED) is 0.189. The number of nitrogens with zero attached hydrogens (tertiary/aromatic N) is 2. The lowest BCUT2D eigenvalue weighted by Crippen LogP contribution is -2.26. The highest BCUT2D eigenvalue weighted by Crippen LogP contribution is 2.48. The van der Waals surface area contributed by atoms with Crippen LogP contribution >= 0.6 is 0 Å². The monoisotopic (exact) mass is 626 g/mol. The second kappa shape index (κ2) is 10.4. The first kappa shape index (κ1) is 27.9. The maximum atomic E-state index is 2.49. The molecule has 10 rings (SSSR count). The molecule has 2 heteroatoms. The van der Waals surface area contributed by atoms with Gasteiger partial charge in [-0.2, -0.15) is 0 Å². The number of para-hydroxylation sites is 2. The van der Waals surface area contributed by atoms with Crippen LogP contribution in [0.3, 0.4) is 0 Å². The average Bonchev–Trinajstić information content (AvgIpc) is 3.48. The van der Waals surface area contributed by atoms with Gasteiger partial charge in [0, 0.05) is 33.2 Å². The van der Waals surface area contributed by atoms with Gasteiger partial charge in [0.25, 0.3) is 0 Å². The first-order chi connectivity index (χ1) is 24.0. The Morgan fingerprint density at radius 2 is 1.02 bits per heavy atom. The van der Waals surface area contributed by atoms with Gasteiger partial charge in [-0.15, -0.1) is 0 Å². The van der Waals surface area contributed by atoms with E-state index in [0.717, 1.165) is 17.1 Å². The van der Waals surface area contributed by atoms with Crippen molar-refractivity contribution in [2.75, 3.05) is 4.90 Å². The molecule has 1 aliphatic heterocycles. The molecular weight excluding hydrogens is 593 g/mol.